The molecule has 0 bridgehead atoms. The summed E-state index contributed by atoms with van der Waals surface area (Å²) in [6.07, 6.45) is 11.7. The standard InChI is InChI=1S/C22H33N3OS.2ClH.Cu/c1-13(26)17-6-7-18-16-5-4-14-12-15(24-25-20(23)27)8-10-21(14,2)19(16)9-11-22(17,18)3;;;/h12,16-19H,4-11H2,1-3H3,(H3,23,25,27);2*1H;/q;;;+2/p-2/b24-15+;;;. The molecule has 0 spiro atoms. The summed E-state index contributed by atoms with van der Waals surface area (Å²) in [5.41, 5.74) is 11.5. The Morgan fingerprint density at radius 2 is 1.83 bits per heavy atom. The summed E-state index contributed by atoms with van der Waals surface area (Å²) in [6, 6.07) is 0. The van der Waals surface area contributed by atoms with E-state index in [0.717, 1.165) is 42.7 Å². The zero-order valence-corrected chi connectivity index (χ0v) is 21.2. The summed E-state index contributed by atoms with van der Waals surface area (Å²) >= 11 is 4.87. The number of nitrogens with two attached hydrogens (primary N) is 1. The summed E-state index contributed by atoms with van der Waals surface area (Å²) in [7, 11) is 0. The second-order valence-electron chi connectivity index (χ2n) is 9.87. The Kier molecular flexibility index (Phi) is 9.49. The number of hydrogen-bond acceptors (Lipinski definition) is 3. The van der Waals surface area contributed by atoms with Crippen molar-refractivity contribution in [1.29, 1.82) is 0 Å². The molecule has 0 aromatic rings. The van der Waals surface area contributed by atoms with Gasteiger partial charge < -0.3 is 30.5 Å². The van der Waals surface area contributed by atoms with Crippen LogP contribution in [-0.2, 0) is 21.9 Å². The molecule has 0 aromatic heterocycles. The van der Waals surface area contributed by atoms with Crippen LogP contribution >= 0.6 is 12.2 Å². The molecule has 4 nitrogen and oxygen atoms in total. The Hall–Kier alpha value is -0.131. The SMILES string of the molecule is CC(=O)C1CCC2C3CCC4=C/C(=N/NC(N)=S)CCC4(C)C3CCC12C.[Cl-].[Cl-].[Cu+2]. The first-order valence-electron chi connectivity index (χ1n) is 10.6. The van der Waals surface area contributed by atoms with Gasteiger partial charge in [0.2, 0.25) is 0 Å². The van der Waals surface area contributed by atoms with Gasteiger partial charge in [-0.1, -0.05) is 19.4 Å². The molecule has 4 rings (SSSR count). The minimum absolute atomic E-state index is 0. The van der Waals surface area contributed by atoms with Crippen molar-refractivity contribution < 1.29 is 46.7 Å². The normalized spacial score (nSPS) is 40.2. The average molecular weight is 522 g/mol. The van der Waals surface area contributed by atoms with Crippen LogP contribution in [0.15, 0.2) is 16.8 Å². The maximum absolute atomic E-state index is 12.3. The number of thiocarbonyl (C=S) groups is 1. The molecule has 3 saturated carbocycles. The smallest absolute Gasteiger partial charge is 1.00 e. The fraction of sp³-hybridized carbons (Fsp3) is 0.773. The van der Waals surface area contributed by atoms with E-state index in [2.05, 4.69) is 30.5 Å². The van der Waals surface area contributed by atoms with Gasteiger partial charge in [0.1, 0.15) is 5.78 Å². The molecule has 8 heteroatoms. The molecule has 1 radical (unpaired) electrons. The number of nitrogens with one attached hydrogen (secondary N) is 1. The zero-order valence-electron chi connectivity index (χ0n) is 17.9. The molecule has 3 N–H and O–H groups in total. The van der Waals surface area contributed by atoms with E-state index in [4.69, 9.17) is 18.0 Å². The van der Waals surface area contributed by atoms with Crippen LogP contribution in [0.5, 0.6) is 0 Å². The van der Waals surface area contributed by atoms with E-state index in [1.807, 2.05) is 6.92 Å². The molecular weight excluding hydrogens is 489 g/mol. The topological polar surface area (TPSA) is 67.5 Å². The van der Waals surface area contributed by atoms with Gasteiger partial charge in [-0.15, -0.1) is 0 Å². The van der Waals surface area contributed by atoms with Crippen LogP contribution in [0.3, 0.4) is 0 Å². The number of rotatable bonds is 2. The molecule has 0 aromatic carbocycles. The number of halogens is 2. The van der Waals surface area contributed by atoms with E-state index in [1.54, 1.807) is 5.57 Å². The maximum Gasteiger partial charge on any atom is 2.00 e. The van der Waals surface area contributed by atoms with Crippen LogP contribution in [0.1, 0.15) is 72.1 Å². The number of carbonyl (C=O) groups is 1. The summed E-state index contributed by atoms with van der Waals surface area (Å²) < 4.78 is 0. The van der Waals surface area contributed by atoms with Crippen LogP contribution in [0.4, 0.5) is 0 Å². The Balaban J connectivity index is 0.00000150. The number of fused-ring (bicyclic) bond motifs is 5. The maximum atomic E-state index is 12.3. The third-order valence-electron chi connectivity index (χ3n) is 8.78. The van der Waals surface area contributed by atoms with Crippen molar-refractivity contribution in [2.24, 2.45) is 45.3 Å². The van der Waals surface area contributed by atoms with Crippen molar-refractivity contribution in [2.45, 2.75) is 72.1 Å². The van der Waals surface area contributed by atoms with E-state index >= 15 is 0 Å². The molecule has 6 atom stereocenters. The zero-order chi connectivity index (χ0) is 19.4. The van der Waals surface area contributed by atoms with Gasteiger partial charge in [0.05, 0.1) is 5.71 Å². The molecule has 6 unspecified atom stereocenters. The first kappa shape index (κ1) is 27.9. The molecule has 0 aliphatic heterocycles. The van der Waals surface area contributed by atoms with Gasteiger partial charge in [-0.25, -0.2) is 0 Å². The fourth-order valence-electron chi connectivity index (χ4n) is 7.45. The Morgan fingerprint density at radius 3 is 2.47 bits per heavy atom. The summed E-state index contributed by atoms with van der Waals surface area (Å²) in [6.45, 7) is 6.73. The van der Waals surface area contributed by atoms with Crippen LogP contribution in [0, 0.1) is 34.5 Å². The quantitative estimate of drug-likeness (QED) is 0.260. The van der Waals surface area contributed by atoms with Gasteiger partial charge in [-0.05, 0) is 105 Å². The van der Waals surface area contributed by atoms with E-state index < -0.39 is 0 Å². The predicted octanol–water partition coefficient (Wildman–Crippen LogP) is -1.65. The molecule has 0 saturated heterocycles. The van der Waals surface area contributed by atoms with Crippen LogP contribution in [-0.4, -0.2) is 16.6 Å². The Labute approximate surface area is 209 Å². The predicted molar refractivity (Wildman–Crippen MR) is 113 cm³/mol. The number of nitrogens with zero attached hydrogens (tertiary/aromatic N) is 1. The first-order valence-corrected chi connectivity index (χ1v) is 11.0. The molecule has 0 amide bonds. The van der Waals surface area contributed by atoms with Crippen molar-refractivity contribution in [3.63, 3.8) is 0 Å². The monoisotopic (exact) mass is 520 g/mol. The molecule has 4 aliphatic carbocycles. The van der Waals surface area contributed by atoms with E-state index in [9.17, 15) is 4.79 Å². The molecule has 0 heterocycles. The molecule has 173 valence electrons. The van der Waals surface area contributed by atoms with Crippen molar-refractivity contribution >= 4 is 28.8 Å². The number of allylic oxidation sites excluding steroid dienone is 2. The molecule has 3 fully saturated rings. The number of hydrogen-bond donors (Lipinski definition) is 2. The average Bonchev–Trinajstić information content (AvgIpc) is 2.97. The van der Waals surface area contributed by atoms with Gasteiger partial charge in [0.15, 0.2) is 5.11 Å². The number of ketones is 1. The minimum atomic E-state index is 0. The summed E-state index contributed by atoms with van der Waals surface area (Å²) in [5, 5.41) is 4.62. The largest absolute Gasteiger partial charge is 2.00 e. The van der Waals surface area contributed by atoms with Crippen molar-refractivity contribution in [3.05, 3.63) is 11.6 Å². The van der Waals surface area contributed by atoms with Crippen molar-refractivity contribution in [3.8, 4) is 0 Å². The third kappa shape index (κ3) is 4.50. The summed E-state index contributed by atoms with van der Waals surface area (Å²) in [4.78, 5) is 12.3. The van der Waals surface area contributed by atoms with Gasteiger partial charge in [0, 0.05) is 5.92 Å². The molecule has 4 aliphatic rings. The fourth-order valence-corrected chi connectivity index (χ4v) is 7.50. The molecular formula is C22H33Cl2CuN3OS. The second kappa shape index (κ2) is 10.2. The van der Waals surface area contributed by atoms with Crippen molar-refractivity contribution in [2.75, 3.05) is 0 Å². The third-order valence-corrected chi connectivity index (χ3v) is 8.87. The molecule has 30 heavy (non-hydrogen) atoms. The van der Waals surface area contributed by atoms with Gasteiger partial charge in [-0.2, -0.15) is 5.10 Å². The van der Waals surface area contributed by atoms with Crippen LogP contribution in [0.25, 0.3) is 0 Å². The van der Waals surface area contributed by atoms with Gasteiger partial charge in [0.25, 0.3) is 0 Å². The first-order chi connectivity index (χ1) is 12.8. The van der Waals surface area contributed by atoms with Crippen LogP contribution < -0.4 is 36.0 Å². The second-order valence-corrected chi connectivity index (χ2v) is 10.3. The Morgan fingerprint density at radius 1 is 1.13 bits per heavy atom. The van der Waals surface area contributed by atoms with Crippen LogP contribution in [0.2, 0.25) is 0 Å². The number of Topliss-reactive ketones (excluding diaryl/α,β-unsaturated/α-hetero) is 1. The van der Waals surface area contributed by atoms with E-state index in [1.165, 1.54) is 32.1 Å². The van der Waals surface area contributed by atoms with E-state index in [0.29, 0.717) is 17.1 Å². The minimum Gasteiger partial charge on any atom is -1.00 e. The Bertz CT molecular complexity index is 746. The van der Waals surface area contributed by atoms with Gasteiger partial charge >= 0.3 is 17.1 Å². The van der Waals surface area contributed by atoms with Gasteiger partial charge in [-0.3, -0.25) is 10.2 Å². The van der Waals surface area contributed by atoms with Crippen molar-refractivity contribution in [1.82, 2.24) is 5.43 Å². The number of hydrazone groups is 1. The summed E-state index contributed by atoms with van der Waals surface area (Å²) in [5.74, 6) is 2.99. The number of carbonyl (C=O) groups excluding carboxylic acids is 1. The van der Waals surface area contributed by atoms with E-state index in [-0.39, 0.29) is 52.4 Å².